The Balaban J connectivity index is 2.18. The minimum absolute atomic E-state index is 0.537. The molecule has 1 aliphatic rings. The highest BCUT2D eigenvalue weighted by atomic mass is 35.5. The van der Waals surface area contributed by atoms with Crippen LogP contribution in [0, 0.1) is 0 Å². The van der Waals surface area contributed by atoms with Crippen molar-refractivity contribution in [2.75, 3.05) is 13.2 Å². The molecule has 0 spiro atoms. The molecule has 0 radical (unpaired) electrons. The molecule has 0 unspecified atom stereocenters. The summed E-state index contributed by atoms with van der Waals surface area (Å²) in [5.41, 5.74) is 1.71. The third-order valence-corrected chi connectivity index (χ3v) is 3.68. The second kappa shape index (κ2) is 4.00. The third kappa shape index (κ3) is 1.55. The first-order chi connectivity index (χ1) is 9.34. The number of para-hydroxylation sites is 1. The van der Waals surface area contributed by atoms with Crippen LogP contribution >= 0.6 is 11.6 Å². The molecular formula is C15H10ClNO2. The van der Waals surface area contributed by atoms with Gasteiger partial charge < -0.3 is 9.47 Å². The highest BCUT2D eigenvalue weighted by molar-refractivity contribution is 6.40. The van der Waals surface area contributed by atoms with Crippen molar-refractivity contribution >= 4 is 33.4 Å². The largest absolute Gasteiger partial charge is 0.486 e. The fourth-order valence-corrected chi connectivity index (χ4v) is 2.77. The lowest BCUT2D eigenvalue weighted by Crippen LogP contribution is -2.15. The van der Waals surface area contributed by atoms with E-state index in [9.17, 15) is 0 Å². The van der Waals surface area contributed by atoms with E-state index < -0.39 is 0 Å². The van der Waals surface area contributed by atoms with Gasteiger partial charge in [0.2, 0.25) is 0 Å². The fourth-order valence-electron chi connectivity index (χ4n) is 2.43. The van der Waals surface area contributed by atoms with Crippen molar-refractivity contribution in [2.45, 2.75) is 0 Å². The van der Waals surface area contributed by atoms with Crippen molar-refractivity contribution in [3.63, 3.8) is 0 Å². The number of fused-ring (bicyclic) bond motifs is 4. The summed E-state index contributed by atoms with van der Waals surface area (Å²) in [6.07, 6.45) is 0. The van der Waals surface area contributed by atoms with Crippen LogP contribution in [0.5, 0.6) is 11.5 Å². The molecule has 0 aliphatic carbocycles. The second-order valence-electron chi connectivity index (χ2n) is 4.43. The number of rotatable bonds is 0. The number of pyridine rings is 1. The number of nitrogens with zero attached hydrogens (tertiary/aromatic N) is 1. The Morgan fingerprint density at radius 2 is 1.79 bits per heavy atom. The maximum atomic E-state index is 6.54. The van der Waals surface area contributed by atoms with Crippen molar-refractivity contribution in [1.29, 1.82) is 0 Å². The van der Waals surface area contributed by atoms with Gasteiger partial charge in [-0.25, -0.2) is 4.98 Å². The number of halogens is 1. The molecule has 2 heterocycles. The highest BCUT2D eigenvalue weighted by Crippen LogP contribution is 2.42. The van der Waals surface area contributed by atoms with Gasteiger partial charge in [0.15, 0.2) is 11.5 Å². The molecule has 2 aromatic carbocycles. The first-order valence-electron chi connectivity index (χ1n) is 6.11. The maximum Gasteiger partial charge on any atom is 0.172 e. The zero-order valence-electron chi connectivity index (χ0n) is 10.0. The number of aromatic nitrogens is 1. The average molecular weight is 272 g/mol. The Hall–Kier alpha value is -2.00. The Morgan fingerprint density at radius 3 is 2.74 bits per heavy atom. The van der Waals surface area contributed by atoms with Crippen LogP contribution in [0.1, 0.15) is 0 Å². The first-order valence-corrected chi connectivity index (χ1v) is 6.49. The standard InChI is InChI=1S/C15H10ClNO2/c16-14-9-3-1-2-4-10(9)17-11-5-6-12-15(13(11)14)19-8-7-18-12/h1-6H,7-8H2. The molecule has 3 nitrogen and oxygen atoms in total. The van der Waals surface area contributed by atoms with E-state index in [4.69, 9.17) is 21.1 Å². The molecule has 94 valence electrons. The minimum atomic E-state index is 0.537. The van der Waals surface area contributed by atoms with Crippen molar-refractivity contribution in [3.8, 4) is 11.5 Å². The van der Waals surface area contributed by atoms with E-state index in [1.807, 2.05) is 36.4 Å². The summed E-state index contributed by atoms with van der Waals surface area (Å²) in [5, 5.41) is 2.43. The van der Waals surface area contributed by atoms with Crippen molar-refractivity contribution in [3.05, 3.63) is 41.4 Å². The summed E-state index contributed by atoms with van der Waals surface area (Å²) in [4.78, 5) is 4.63. The van der Waals surface area contributed by atoms with Crippen molar-refractivity contribution in [2.24, 2.45) is 0 Å². The van der Waals surface area contributed by atoms with Crippen LogP contribution < -0.4 is 9.47 Å². The van der Waals surface area contributed by atoms with E-state index >= 15 is 0 Å². The topological polar surface area (TPSA) is 31.4 Å². The summed E-state index contributed by atoms with van der Waals surface area (Å²) >= 11 is 6.54. The van der Waals surface area contributed by atoms with E-state index in [-0.39, 0.29) is 0 Å². The predicted molar refractivity (Wildman–Crippen MR) is 75.2 cm³/mol. The fraction of sp³-hybridized carbons (Fsp3) is 0.133. The normalized spacial score (nSPS) is 13.9. The van der Waals surface area contributed by atoms with Crippen LogP contribution in [0.4, 0.5) is 0 Å². The second-order valence-corrected chi connectivity index (χ2v) is 4.80. The van der Waals surface area contributed by atoms with E-state index in [0.29, 0.717) is 24.0 Å². The number of benzene rings is 2. The number of hydrogen-bond donors (Lipinski definition) is 0. The van der Waals surface area contributed by atoms with Crippen molar-refractivity contribution < 1.29 is 9.47 Å². The van der Waals surface area contributed by atoms with Crippen LogP contribution in [0.15, 0.2) is 36.4 Å². The van der Waals surface area contributed by atoms with Gasteiger partial charge in [0.1, 0.15) is 13.2 Å². The molecule has 0 bridgehead atoms. The maximum absolute atomic E-state index is 6.54. The predicted octanol–water partition coefficient (Wildman–Crippen LogP) is 3.81. The van der Waals surface area contributed by atoms with Gasteiger partial charge in [0.25, 0.3) is 0 Å². The quantitative estimate of drug-likeness (QED) is 0.583. The molecule has 0 atom stereocenters. The molecule has 1 aromatic heterocycles. The lowest BCUT2D eigenvalue weighted by atomic mass is 10.1. The lowest BCUT2D eigenvalue weighted by Gasteiger charge is -2.20. The smallest absolute Gasteiger partial charge is 0.172 e. The van der Waals surface area contributed by atoms with Crippen molar-refractivity contribution in [1.82, 2.24) is 4.98 Å². The molecule has 4 rings (SSSR count). The van der Waals surface area contributed by atoms with Gasteiger partial charge in [-0.05, 0) is 18.2 Å². The van der Waals surface area contributed by atoms with E-state index in [2.05, 4.69) is 4.98 Å². The SMILES string of the molecule is Clc1c2ccccc2nc2ccc3c(c12)OCCO3. The van der Waals surface area contributed by atoms with Gasteiger partial charge in [0.05, 0.1) is 21.4 Å². The molecule has 0 N–H and O–H groups in total. The van der Waals surface area contributed by atoms with Crippen LogP contribution in [0.2, 0.25) is 5.02 Å². The van der Waals surface area contributed by atoms with E-state index in [1.54, 1.807) is 0 Å². The Morgan fingerprint density at radius 1 is 0.947 bits per heavy atom. The molecule has 19 heavy (non-hydrogen) atoms. The number of ether oxygens (including phenoxy) is 2. The van der Waals surface area contributed by atoms with Gasteiger partial charge >= 0.3 is 0 Å². The van der Waals surface area contributed by atoms with E-state index in [0.717, 1.165) is 27.6 Å². The molecule has 0 fully saturated rings. The molecular weight excluding hydrogens is 262 g/mol. The van der Waals surface area contributed by atoms with Crippen LogP contribution in [0.3, 0.4) is 0 Å². The average Bonchev–Trinajstić information content (AvgIpc) is 2.47. The Kier molecular flexibility index (Phi) is 2.29. The molecule has 1 aliphatic heterocycles. The molecule has 4 heteroatoms. The molecule has 0 saturated carbocycles. The summed E-state index contributed by atoms with van der Waals surface area (Å²) in [6, 6.07) is 11.6. The van der Waals surface area contributed by atoms with Crippen LogP contribution in [-0.4, -0.2) is 18.2 Å². The Bertz CT molecular complexity index is 801. The minimum Gasteiger partial charge on any atom is -0.486 e. The summed E-state index contributed by atoms with van der Waals surface area (Å²) in [6.45, 7) is 1.10. The van der Waals surface area contributed by atoms with E-state index in [1.165, 1.54) is 0 Å². The van der Waals surface area contributed by atoms with Gasteiger partial charge in [-0.3, -0.25) is 0 Å². The van der Waals surface area contributed by atoms with Gasteiger partial charge in [0, 0.05) is 5.39 Å². The monoisotopic (exact) mass is 271 g/mol. The summed E-state index contributed by atoms with van der Waals surface area (Å²) < 4.78 is 11.3. The number of hydrogen-bond acceptors (Lipinski definition) is 3. The van der Waals surface area contributed by atoms with Gasteiger partial charge in [-0.2, -0.15) is 0 Å². The Labute approximate surface area is 114 Å². The summed E-state index contributed by atoms with van der Waals surface area (Å²) in [7, 11) is 0. The lowest BCUT2D eigenvalue weighted by molar-refractivity contribution is 0.174. The van der Waals surface area contributed by atoms with Gasteiger partial charge in [-0.15, -0.1) is 0 Å². The van der Waals surface area contributed by atoms with Gasteiger partial charge in [-0.1, -0.05) is 29.8 Å². The highest BCUT2D eigenvalue weighted by Gasteiger charge is 2.19. The van der Waals surface area contributed by atoms with Crippen LogP contribution in [-0.2, 0) is 0 Å². The zero-order chi connectivity index (χ0) is 12.8. The molecule has 0 saturated heterocycles. The summed E-state index contributed by atoms with van der Waals surface area (Å²) in [5.74, 6) is 1.43. The molecule has 3 aromatic rings. The molecule has 0 amide bonds. The zero-order valence-corrected chi connectivity index (χ0v) is 10.8. The van der Waals surface area contributed by atoms with Crippen LogP contribution in [0.25, 0.3) is 21.8 Å². The third-order valence-electron chi connectivity index (χ3n) is 3.29. The first kappa shape index (κ1) is 10.9.